The summed E-state index contributed by atoms with van der Waals surface area (Å²) in [6.07, 6.45) is 0. The van der Waals surface area contributed by atoms with Gasteiger partial charge in [-0.1, -0.05) is 13.0 Å². The first-order valence-corrected chi connectivity index (χ1v) is 7.29. The number of nitrogens with zero attached hydrogens (tertiary/aromatic N) is 1. The molecule has 88 valence electrons. The second-order valence-corrected chi connectivity index (χ2v) is 6.20. The standard InChI is InChI=1S/C11H16N2OS2/c1-8-6-16-10(9-3-2-4-15-9)5-13(7-12)11(8)14/h2-4,8,10H,5-7,12H2,1H3. The molecule has 3 nitrogen and oxygen atoms in total. The molecule has 0 bridgehead atoms. The fourth-order valence-corrected chi connectivity index (χ4v) is 4.06. The molecule has 1 aliphatic heterocycles. The van der Waals surface area contributed by atoms with E-state index in [9.17, 15) is 4.79 Å². The predicted molar refractivity (Wildman–Crippen MR) is 69.4 cm³/mol. The minimum Gasteiger partial charge on any atom is -0.328 e. The van der Waals surface area contributed by atoms with E-state index in [1.807, 2.05) is 18.7 Å². The van der Waals surface area contributed by atoms with Crippen LogP contribution < -0.4 is 5.73 Å². The SMILES string of the molecule is CC1CSC(c2cccs2)CN(CN)C1=O. The summed E-state index contributed by atoms with van der Waals surface area (Å²) >= 11 is 3.62. The lowest BCUT2D eigenvalue weighted by Gasteiger charge is -2.22. The molecule has 0 spiro atoms. The van der Waals surface area contributed by atoms with Crippen LogP contribution in [0.5, 0.6) is 0 Å². The summed E-state index contributed by atoms with van der Waals surface area (Å²) in [5.74, 6) is 1.16. The highest BCUT2D eigenvalue weighted by atomic mass is 32.2. The van der Waals surface area contributed by atoms with Gasteiger partial charge in [0.1, 0.15) is 0 Å². The fourth-order valence-electron chi connectivity index (χ4n) is 1.80. The van der Waals surface area contributed by atoms with Crippen LogP contribution in [0.2, 0.25) is 0 Å². The van der Waals surface area contributed by atoms with Crippen LogP contribution in [0.3, 0.4) is 0 Å². The molecular weight excluding hydrogens is 240 g/mol. The zero-order valence-electron chi connectivity index (χ0n) is 9.26. The lowest BCUT2D eigenvalue weighted by atomic mass is 10.2. The molecule has 16 heavy (non-hydrogen) atoms. The molecule has 1 aromatic rings. The molecule has 1 aromatic heterocycles. The Morgan fingerprint density at radius 2 is 2.44 bits per heavy atom. The fraction of sp³-hybridized carbons (Fsp3) is 0.545. The van der Waals surface area contributed by atoms with Crippen LogP contribution in [0.15, 0.2) is 17.5 Å². The molecule has 1 aliphatic rings. The lowest BCUT2D eigenvalue weighted by Crippen LogP contribution is -2.39. The van der Waals surface area contributed by atoms with E-state index in [4.69, 9.17) is 5.73 Å². The van der Waals surface area contributed by atoms with E-state index < -0.39 is 0 Å². The topological polar surface area (TPSA) is 46.3 Å². The molecule has 2 N–H and O–H groups in total. The monoisotopic (exact) mass is 256 g/mol. The van der Waals surface area contributed by atoms with Gasteiger partial charge in [-0.15, -0.1) is 11.3 Å². The third-order valence-corrected chi connectivity index (χ3v) is 5.38. The van der Waals surface area contributed by atoms with E-state index in [2.05, 4.69) is 17.5 Å². The first-order valence-electron chi connectivity index (χ1n) is 5.36. The molecule has 2 rings (SSSR count). The number of hydrogen-bond acceptors (Lipinski definition) is 4. The predicted octanol–water partition coefficient (Wildman–Crippen LogP) is 1.92. The van der Waals surface area contributed by atoms with Gasteiger partial charge in [-0.3, -0.25) is 4.79 Å². The van der Waals surface area contributed by atoms with Crippen molar-refractivity contribution in [3.8, 4) is 0 Å². The van der Waals surface area contributed by atoms with Gasteiger partial charge in [0.05, 0.1) is 11.9 Å². The molecule has 1 amide bonds. The summed E-state index contributed by atoms with van der Waals surface area (Å²) in [6, 6.07) is 4.20. The second kappa shape index (κ2) is 5.21. The van der Waals surface area contributed by atoms with Gasteiger partial charge in [0.25, 0.3) is 0 Å². The highest BCUT2D eigenvalue weighted by Crippen LogP contribution is 2.36. The van der Waals surface area contributed by atoms with Gasteiger partial charge in [0.15, 0.2) is 0 Å². The molecular formula is C11H16N2OS2. The largest absolute Gasteiger partial charge is 0.328 e. The van der Waals surface area contributed by atoms with Crippen molar-refractivity contribution in [3.63, 3.8) is 0 Å². The molecule has 1 saturated heterocycles. The van der Waals surface area contributed by atoms with Crippen molar-refractivity contribution < 1.29 is 4.79 Å². The van der Waals surface area contributed by atoms with Crippen molar-refractivity contribution in [1.29, 1.82) is 0 Å². The van der Waals surface area contributed by atoms with Crippen LogP contribution in [0.25, 0.3) is 0 Å². The maximum absolute atomic E-state index is 11.9. The van der Waals surface area contributed by atoms with Crippen molar-refractivity contribution in [2.24, 2.45) is 11.7 Å². The van der Waals surface area contributed by atoms with Crippen molar-refractivity contribution >= 4 is 29.0 Å². The van der Waals surface area contributed by atoms with E-state index in [0.29, 0.717) is 11.9 Å². The number of hydrogen-bond donors (Lipinski definition) is 1. The van der Waals surface area contributed by atoms with Crippen molar-refractivity contribution in [2.45, 2.75) is 12.2 Å². The van der Waals surface area contributed by atoms with Crippen molar-refractivity contribution in [2.75, 3.05) is 19.0 Å². The minimum absolute atomic E-state index is 0.0820. The van der Waals surface area contributed by atoms with Gasteiger partial charge in [-0.05, 0) is 11.4 Å². The van der Waals surface area contributed by atoms with E-state index in [-0.39, 0.29) is 11.8 Å². The van der Waals surface area contributed by atoms with E-state index in [1.54, 1.807) is 16.2 Å². The molecule has 0 saturated carbocycles. The maximum Gasteiger partial charge on any atom is 0.227 e. The van der Waals surface area contributed by atoms with Gasteiger partial charge in [0, 0.05) is 23.1 Å². The molecule has 1 fully saturated rings. The Hall–Kier alpha value is -0.520. The highest BCUT2D eigenvalue weighted by molar-refractivity contribution is 7.99. The maximum atomic E-state index is 11.9. The number of carbonyl (C=O) groups is 1. The van der Waals surface area contributed by atoms with Crippen LogP contribution in [-0.4, -0.2) is 29.8 Å². The number of amides is 1. The van der Waals surface area contributed by atoms with Gasteiger partial charge in [-0.25, -0.2) is 0 Å². The third-order valence-electron chi connectivity index (χ3n) is 2.75. The molecule has 0 aromatic carbocycles. The summed E-state index contributed by atoms with van der Waals surface area (Å²) < 4.78 is 0. The number of nitrogens with two attached hydrogens (primary N) is 1. The van der Waals surface area contributed by atoms with Crippen LogP contribution >= 0.6 is 23.1 Å². The Morgan fingerprint density at radius 3 is 3.06 bits per heavy atom. The average molecular weight is 256 g/mol. The second-order valence-electron chi connectivity index (χ2n) is 3.98. The summed E-state index contributed by atoms with van der Waals surface area (Å²) in [5, 5.41) is 2.47. The Morgan fingerprint density at radius 1 is 1.62 bits per heavy atom. The summed E-state index contributed by atoms with van der Waals surface area (Å²) in [5.41, 5.74) is 5.64. The van der Waals surface area contributed by atoms with Crippen molar-refractivity contribution in [3.05, 3.63) is 22.4 Å². The van der Waals surface area contributed by atoms with Crippen LogP contribution in [0, 0.1) is 5.92 Å². The Kier molecular flexibility index (Phi) is 3.89. The molecule has 5 heteroatoms. The van der Waals surface area contributed by atoms with Crippen LogP contribution in [-0.2, 0) is 4.79 Å². The van der Waals surface area contributed by atoms with E-state index >= 15 is 0 Å². The van der Waals surface area contributed by atoms with Gasteiger partial charge < -0.3 is 10.6 Å². The zero-order chi connectivity index (χ0) is 11.5. The Labute approximate surface area is 104 Å². The average Bonchev–Trinajstić information content (AvgIpc) is 2.77. The Bertz CT molecular complexity index is 353. The normalized spacial score (nSPS) is 26.9. The van der Waals surface area contributed by atoms with E-state index in [0.717, 1.165) is 12.3 Å². The smallest absolute Gasteiger partial charge is 0.227 e. The van der Waals surface area contributed by atoms with E-state index in [1.165, 1.54) is 4.88 Å². The molecule has 2 unspecified atom stereocenters. The third kappa shape index (κ3) is 2.42. The summed E-state index contributed by atoms with van der Waals surface area (Å²) in [7, 11) is 0. The molecule has 0 aliphatic carbocycles. The zero-order valence-corrected chi connectivity index (χ0v) is 10.9. The molecule has 0 radical (unpaired) electrons. The molecule has 2 heterocycles. The first kappa shape index (κ1) is 12.0. The summed E-state index contributed by atoms with van der Waals surface area (Å²) in [6.45, 7) is 3.05. The quantitative estimate of drug-likeness (QED) is 0.879. The van der Waals surface area contributed by atoms with Crippen molar-refractivity contribution in [1.82, 2.24) is 4.90 Å². The molecule has 2 atom stereocenters. The number of rotatable bonds is 2. The van der Waals surface area contributed by atoms with Crippen LogP contribution in [0.4, 0.5) is 0 Å². The van der Waals surface area contributed by atoms with Gasteiger partial charge in [0.2, 0.25) is 5.91 Å². The lowest BCUT2D eigenvalue weighted by molar-refractivity contribution is -0.133. The van der Waals surface area contributed by atoms with Gasteiger partial charge >= 0.3 is 0 Å². The first-order chi connectivity index (χ1) is 7.72. The van der Waals surface area contributed by atoms with Gasteiger partial charge in [-0.2, -0.15) is 11.8 Å². The number of thioether (sulfide) groups is 1. The highest BCUT2D eigenvalue weighted by Gasteiger charge is 2.28. The Balaban J connectivity index is 2.15. The minimum atomic E-state index is 0.0820. The number of carbonyl (C=O) groups excluding carboxylic acids is 1. The number of thiophene rings is 1. The summed E-state index contributed by atoms with van der Waals surface area (Å²) in [4.78, 5) is 15.0. The van der Waals surface area contributed by atoms with Crippen LogP contribution in [0.1, 0.15) is 17.1 Å².